The van der Waals surface area contributed by atoms with E-state index in [-0.39, 0.29) is 43.0 Å². The van der Waals surface area contributed by atoms with Crippen LogP contribution in [0.25, 0.3) is 0 Å². The highest BCUT2D eigenvalue weighted by atomic mass is 32.2. The number of carbonyl (C=O) groups excluding carboxylic acids is 5. The predicted molar refractivity (Wildman–Crippen MR) is 191 cm³/mol. The zero-order valence-electron chi connectivity index (χ0n) is 28.3. The fraction of sp³-hybridized carbons (Fsp3) is 0.500. The first-order valence-corrected chi connectivity index (χ1v) is 18.1. The Kier molecular flexibility index (Phi) is 14.0. The Hall–Kier alpha value is -3.97. The third-order valence-electron chi connectivity index (χ3n) is 8.58. The summed E-state index contributed by atoms with van der Waals surface area (Å²) in [5.74, 6) is -2.16. The van der Waals surface area contributed by atoms with Crippen LogP contribution in [0, 0.1) is 0 Å². The van der Waals surface area contributed by atoms with E-state index >= 15 is 0 Å². The van der Waals surface area contributed by atoms with Crippen molar-refractivity contribution in [3.8, 4) is 0 Å². The van der Waals surface area contributed by atoms with Gasteiger partial charge < -0.3 is 30.3 Å². The fourth-order valence-electron chi connectivity index (χ4n) is 5.87. The molecule has 4 atom stereocenters. The molecule has 4 rings (SSSR count). The van der Waals surface area contributed by atoms with Crippen LogP contribution >= 0.6 is 24.0 Å². The first-order valence-electron chi connectivity index (χ1n) is 16.8. The number of hydrogen-bond acceptors (Lipinski definition) is 9. The Bertz CT molecular complexity index is 1470. The number of benzene rings is 2. The van der Waals surface area contributed by atoms with Crippen molar-refractivity contribution in [2.24, 2.45) is 0 Å². The summed E-state index contributed by atoms with van der Waals surface area (Å²) >= 11 is 6.68. The van der Waals surface area contributed by atoms with E-state index in [1.54, 1.807) is 13.8 Å². The molecule has 49 heavy (non-hydrogen) atoms. The van der Waals surface area contributed by atoms with Crippen molar-refractivity contribution < 1.29 is 33.4 Å². The zero-order valence-corrected chi connectivity index (χ0v) is 29.9. The fourth-order valence-corrected chi connectivity index (χ4v) is 7.35. The molecule has 0 radical (unpaired) electrons. The van der Waals surface area contributed by atoms with Gasteiger partial charge in [-0.2, -0.15) is 0 Å². The van der Waals surface area contributed by atoms with Crippen molar-refractivity contribution in [1.29, 1.82) is 0 Å². The maximum Gasteiger partial charge on any atom is 0.306 e. The largest absolute Gasteiger partial charge is 0.479 e. The molecule has 2 aliphatic rings. The predicted octanol–water partition coefficient (Wildman–Crippen LogP) is 3.83. The lowest BCUT2D eigenvalue weighted by Crippen LogP contribution is -2.64. The van der Waals surface area contributed by atoms with Gasteiger partial charge in [-0.3, -0.25) is 24.0 Å². The molecule has 264 valence electrons. The summed E-state index contributed by atoms with van der Waals surface area (Å²) in [5, 5.41) is 8.33. The van der Waals surface area contributed by atoms with Gasteiger partial charge in [0, 0.05) is 24.6 Å². The van der Waals surface area contributed by atoms with Crippen LogP contribution in [0.1, 0.15) is 70.4 Å². The van der Waals surface area contributed by atoms with Crippen LogP contribution in [-0.4, -0.2) is 80.9 Å². The van der Waals surface area contributed by atoms with Gasteiger partial charge in [0.25, 0.3) is 0 Å². The number of rotatable bonds is 12. The number of carbonyl (C=O) groups is 5. The van der Waals surface area contributed by atoms with Crippen molar-refractivity contribution in [2.45, 2.75) is 101 Å². The molecule has 2 aliphatic heterocycles. The third-order valence-corrected chi connectivity index (χ3v) is 10.1. The van der Waals surface area contributed by atoms with Gasteiger partial charge in [0.05, 0.1) is 6.61 Å². The standard InChI is InChI=1S/C36H46N4O7S2/c1-4-46-35(48)49-26(18-20-30(41)47-23-25-14-9-6-10-15-25)17-19-27-31(42)39-36(2,3)34(45)38-28(22-24-12-7-5-8-13-24)33(44)40-21-11-16-29(40)32(43)37-27/h5-10,12-15,26-29H,4,11,16-23H2,1-3H3,(H,37,43)(H,38,45)(H,39,42)/t26?,27-,28?,29+/m0/s1. The lowest BCUT2D eigenvalue weighted by Gasteiger charge is -2.35. The first-order chi connectivity index (χ1) is 23.5. The number of hydrogen-bond donors (Lipinski definition) is 3. The Morgan fingerprint density at radius 1 is 0.939 bits per heavy atom. The number of esters is 1. The summed E-state index contributed by atoms with van der Waals surface area (Å²) in [7, 11) is 0. The molecule has 2 saturated heterocycles. The van der Waals surface area contributed by atoms with Crippen molar-refractivity contribution in [3.63, 3.8) is 0 Å². The van der Waals surface area contributed by atoms with E-state index in [1.807, 2.05) is 67.6 Å². The first kappa shape index (κ1) is 37.8. The quantitative estimate of drug-likeness (QED) is 0.221. The monoisotopic (exact) mass is 710 g/mol. The van der Waals surface area contributed by atoms with Crippen LogP contribution in [-0.2, 0) is 46.5 Å². The molecule has 2 aromatic rings. The SMILES string of the molecule is CCOC(=S)SC(CCC(=O)OCc1ccccc1)CC[C@@H]1NC(=O)[C@H]2CCCN2C(=O)C(Cc2ccccc2)NC(=O)C(C)(C)NC1=O. The van der Waals surface area contributed by atoms with Gasteiger partial charge in [-0.25, -0.2) is 0 Å². The second kappa shape index (κ2) is 18.1. The summed E-state index contributed by atoms with van der Waals surface area (Å²) in [4.78, 5) is 69.1. The maximum absolute atomic E-state index is 13.9. The smallest absolute Gasteiger partial charge is 0.306 e. The lowest BCUT2D eigenvalue weighted by atomic mass is 9.98. The minimum atomic E-state index is -1.40. The molecule has 2 unspecified atom stereocenters. The van der Waals surface area contributed by atoms with E-state index < -0.39 is 41.4 Å². The molecule has 2 fully saturated rings. The highest BCUT2D eigenvalue weighted by Crippen LogP contribution is 2.26. The molecule has 2 heterocycles. The topological polar surface area (TPSA) is 143 Å². The second-order valence-electron chi connectivity index (χ2n) is 12.8. The lowest BCUT2D eigenvalue weighted by molar-refractivity contribution is -0.145. The van der Waals surface area contributed by atoms with Gasteiger partial charge in [-0.1, -0.05) is 72.4 Å². The molecular weight excluding hydrogens is 665 g/mol. The zero-order chi connectivity index (χ0) is 35.4. The number of thioether (sulfide) groups is 1. The molecule has 4 amide bonds. The van der Waals surface area contributed by atoms with Crippen molar-refractivity contribution in [3.05, 3.63) is 71.8 Å². The van der Waals surface area contributed by atoms with Gasteiger partial charge in [0.2, 0.25) is 28.0 Å². The summed E-state index contributed by atoms with van der Waals surface area (Å²) in [6.45, 7) is 5.87. The number of nitrogens with one attached hydrogen (secondary N) is 3. The normalized spacial score (nSPS) is 21.6. The average Bonchev–Trinajstić information content (AvgIpc) is 3.58. The molecule has 11 nitrogen and oxygen atoms in total. The van der Waals surface area contributed by atoms with Gasteiger partial charge in [-0.15, -0.1) is 0 Å². The minimum Gasteiger partial charge on any atom is -0.479 e. The van der Waals surface area contributed by atoms with Crippen LogP contribution in [0.5, 0.6) is 0 Å². The molecule has 0 bridgehead atoms. The van der Waals surface area contributed by atoms with E-state index in [4.69, 9.17) is 21.7 Å². The second-order valence-corrected chi connectivity index (χ2v) is 14.7. The maximum atomic E-state index is 13.9. The molecule has 0 aliphatic carbocycles. The van der Waals surface area contributed by atoms with Crippen molar-refractivity contribution in [1.82, 2.24) is 20.9 Å². The van der Waals surface area contributed by atoms with Crippen LogP contribution < -0.4 is 16.0 Å². The molecular formula is C36H46N4O7S2. The van der Waals surface area contributed by atoms with E-state index in [0.717, 1.165) is 11.1 Å². The highest BCUT2D eigenvalue weighted by molar-refractivity contribution is 8.23. The van der Waals surface area contributed by atoms with E-state index in [1.165, 1.54) is 16.7 Å². The van der Waals surface area contributed by atoms with Crippen LogP contribution in [0.2, 0.25) is 0 Å². The molecule has 3 N–H and O–H groups in total. The number of thiocarbonyl (C=S) groups is 1. The van der Waals surface area contributed by atoms with Crippen molar-refractivity contribution in [2.75, 3.05) is 13.2 Å². The van der Waals surface area contributed by atoms with Gasteiger partial charge in [0.1, 0.15) is 30.3 Å². The van der Waals surface area contributed by atoms with Gasteiger partial charge in [-0.05, 0) is 76.2 Å². The molecule has 13 heteroatoms. The summed E-state index contributed by atoms with van der Waals surface area (Å²) in [5.41, 5.74) is 0.344. The van der Waals surface area contributed by atoms with Crippen LogP contribution in [0.15, 0.2) is 60.7 Å². The van der Waals surface area contributed by atoms with Crippen LogP contribution in [0.4, 0.5) is 0 Å². The van der Waals surface area contributed by atoms with E-state index in [0.29, 0.717) is 43.2 Å². The Labute approximate surface area is 297 Å². The molecule has 2 aromatic carbocycles. The Balaban J connectivity index is 1.48. The highest BCUT2D eigenvalue weighted by Gasteiger charge is 2.42. The summed E-state index contributed by atoms with van der Waals surface area (Å²) in [6.07, 6.45) is 2.40. The Morgan fingerprint density at radius 2 is 1.61 bits per heavy atom. The molecule has 0 spiro atoms. The number of ether oxygens (including phenoxy) is 2. The molecule has 0 aromatic heterocycles. The van der Waals surface area contributed by atoms with Gasteiger partial charge >= 0.3 is 5.97 Å². The van der Waals surface area contributed by atoms with E-state index in [9.17, 15) is 24.0 Å². The number of amides is 4. The molecule has 0 saturated carbocycles. The summed E-state index contributed by atoms with van der Waals surface area (Å²) < 4.78 is 11.3. The van der Waals surface area contributed by atoms with Crippen LogP contribution in [0.3, 0.4) is 0 Å². The number of fused-ring (bicyclic) bond motifs is 1. The average molecular weight is 711 g/mol. The number of nitrogens with zero attached hydrogens (tertiary/aromatic N) is 1. The van der Waals surface area contributed by atoms with E-state index in [2.05, 4.69) is 16.0 Å². The Morgan fingerprint density at radius 3 is 2.29 bits per heavy atom. The summed E-state index contributed by atoms with van der Waals surface area (Å²) in [6, 6.07) is 16.0. The van der Waals surface area contributed by atoms with Gasteiger partial charge in [0.15, 0.2) is 0 Å². The third kappa shape index (κ3) is 11.3. The van der Waals surface area contributed by atoms with Crippen molar-refractivity contribution >= 4 is 58.0 Å². The minimum absolute atomic E-state index is 0.124.